The van der Waals surface area contributed by atoms with Crippen LogP contribution in [0.15, 0.2) is 62.8 Å². The van der Waals surface area contributed by atoms with Crippen molar-refractivity contribution in [1.29, 1.82) is 0 Å². The van der Waals surface area contributed by atoms with E-state index in [-0.39, 0.29) is 0 Å². The molecule has 0 atom stereocenters. The van der Waals surface area contributed by atoms with Gasteiger partial charge in [0.05, 0.1) is 22.3 Å². The average Bonchev–Trinajstić information content (AvgIpc) is 2.91. The smallest absolute Gasteiger partial charge is 0.453 e. The molecule has 17 nitrogen and oxygen atoms in total. The molecule has 41 heavy (non-hydrogen) atoms. The lowest BCUT2D eigenvalue weighted by Crippen LogP contribution is -2.53. The molecule has 0 bridgehead atoms. The second-order valence-electron chi connectivity index (χ2n) is 6.66. The minimum absolute atomic E-state index is 0.511. The molecule has 1 rings (SSSR count). The maximum Gasteiger partial charge on any atom is 0.453 e. The van der Waals surface area contributed by atoms with Gasteiger partial charge in [-0.1, -0.05) is 26.3 Å². The first-order chi connectivity index (χ1) is 19.0. The van der Waals surface area contributed by atoms with Crippen LogP contribution in [0.5, 0.6) is 0 Å². The van der Waals surface area contributed by atoms with Crippen LogP contribution < -0.4 is 0 Å². The Morgan fingerprint density at radius 2 is 0.805 bits per heavy atom. The summed E-state index contributed by atoms with van der Waals surface area (Å²) in [5.41, 5.74) is -3.15. The Bertz CT molecular complexity index is 1180. The summed E-state index contributed by atoms with van der Waals surface area (Å²) in [7, 11) is 0. The van der Waals surface area contributed by atoms with Crippen LogP contribution in [0, 0.1) is 0 Å². The highest BCUT2D eigenvalue weighted by Crippen LogP contribution is 2.22. The molecule has 0 aromatic heterocycles. The van der Waals surface area contributed by atoms with E-state index in [9.17, 15) is 43.5 Å². The van der Waals surface area contributed by atoms with Gasteiger partial charge in [-0.2, -0.15) is 0 Å². The Labute approximate surface area is 228 Å². The number of aromatic carboxylic acids is 4. The normalized spacial score (nSPS) is 9.90. The summed E-state index contributed by atoms with van der Waals surface area (Å²) < 4.78 is 17.8. The number of hydrogen-bond donors (Lipinski definition) is 5. The first-order valence-electron chi connectivity index (χ1n) is 10.2. The second-order valence-corrected chi connectivity index (χ2v) is 6.66. The lowest BCUT2D eigenvalue weighted by Gasteiger charge is -2.31. The summed E-state index contributed by atoms with van der Waals surface area (Å²) >= 11 is 0. The standard InChI is InChI=1S/C14H14O9.C10H6O8/c1-5-9(15)20-13(21-10(16)6-2)14(19,22-11(17)7-3)23-12(18)8-4;11-7(12)3-1-4(8(13)14)6(10(17)18)2-5(3)9(15)16/h5-8,13,19H,1-4H2;1-2H,(H,11,12)(H,13,14)(H,15,16)(H,17,18). The minimum Gasteiger partial charge on any atom is -0.478 e. The summed E-state index contributed by atoms with van der Waals surface area (Å²) in [6, 6.07) is 1.02. The van der Waals surface area contributed by atoms with Gasteiger partial charge in [0.25, 0.3) is 0 Å². The number of aliphatic hydroxyl groups is 1. The van der Waals surface area contributed by atoms with E-state index in [4.69, 9.17) is 20.4 Å². The Kier molecular flexibility index (Phi) is 13.1. The summed E-state index contributed by atoms with van der Waals surface area (Å²) in [5.74, 6) is -14.9. The molecular formula is C24H20O17. The predicted octanol–water partition coefficient (Wildman–Crippen LogP) is 0.355. The fraction of sp³-hybridized carbons (Fsp3) is 0.0833. The number of hydrogen-bond acceptors (Lipinski definition) is 13. The maximum atomic E-state index is 11.3. The van der Waals surface area contributed by atoms with E-state index in [2.05, 4.69) is 45.3 Å². The Morgan fingerprint density at radius 1 is 0.561 bits per heavy atom. The van der Waals surface area contributed by atoms with Gasteiger partial charge in [-0.15, -0.1) is 0 Å². The molecule has 218 valence electrons. The van der Waals surface area contributed by atoms with E-state index >= 15 is 0 Å². The van der Waals surface area contributed by atoms with Gasteiger partial charge in [0.1, 0.15) is 0 Å². The van der Waals surface area contributed by atoms with Crippen molar-refractivity contribution < 1.29 is 82.8 Å². The average molecular weight is 580 g/mol. The number of carbonyl (C=O) groups is 8. The lowest BCUT2D eigenvalue weighted by atomic mass is 9.98. The molecule has 1 aromatic carbocycles. The van der Waals surface area contributed by atoms with Crippen LogP contribution in [0.4, 0.5) is 0 Å². The largest absolute Gasteiger partial charge is 0.478 e. The van der Waals surface area contributed by atoms with Crippen molar-refractivity contribution in [3.05, 3.63) is 85.0 Å². The Hall–Kier alpha value is -6.10. The third-order valence-electron chi connectivity index (χ3n) is 3.98. The van der Waals surface area contributed by atoms with Crippen LogP contribution in [0.1, 0.15) is 41.4 Å². The van der Waals surface area contributed by atoms with Gasteiger partial charge in [0.2, 0.25) is 0 Å². The second kappa shape index (κ2) is 15.3. The highest BCUT2D eigenvalue weighted by atomic mass is 16.9. The van der Waals surface area contributed by atoms with Gasteiger partial charge in [0.15, 0.2) is 0 Å². The first kappa shape index (κ1) is 34.9. The highest BCUT2D eigenvalue weighted by Gasteiger charge is 2.51. The zero-order valence-electron chi connectivity index (χ0n) is 20.5. The molecule has 0 saturated heterocycles. The molecular weight excluding hydrogens is 560 g/mol. The zero-order chi connectivity index (χ0) is 32.1. The van der Waals surface area contributed by atoms with Crippen molar-refractivity contribution in [3.63, 3.8) is 0 Å². The van der Waals surface area contributed by atoms with Crippen molar-refractivity contribution in [1.82, 2.24) is 0 Å². The molecule has 0 aliphatic heterocycles. The molecule has 0 amide bonds. The predicted molar refractivity (Wildman–Crippen MR) is 128 cm³/mol. The third-order valence-corrected chi connectivity index (χ3v) is 3.98. The van der Waals surface area contributed by atoms with Crippen LogP contribution in [0.2, 0.25) is 0 Å². The summed E-state index contributed by atoms with van der Waals surface area (Å²) in [6.07, 6.45) is 0.147. The van der Waals surface area contributed by atoms with Crippen molar-refractivity contribution in [2.24, 2.45) is 0 Å². The van der Waals surface area contributed by atoms with E-state index in [1.165, 1.54) is 0 Å². The zero-order valence-corrected chi connectivity index (χ0v) is 20.5. The molecule has 17 heteroatoms. The van der Waals surface area contributed by atoms with Crippen LogP contribution in [-0.2, 0) is 38.1 Å². The molecule has 0 aliphatic rings. The van der Waals surface area contributed by atoms with Crippen molar-refractivity contribution in [3.8, 4) is 0 Å². The minimum atomic E-state index is -3.30. The Morgan fingerprint density at radius 3 is 1.00 bits per heavy atom. The SMILES string of the molecule is C=CC(=O)OC(OC(=O)C=C)C(O)(OC(=O)C=C)OC(=O)C=C.O=C(O)c1cc(C(=O)O)c(C(=O)O)cc1C(=O)O. The summed E-state index contributed by atoms with van der Waals surface area (Å²) in [6.45, 7) is 12.3. The van der Waals surface area contributed by atoms with Crippen LogP contribution >= 0.6 is 0 Å². The summed E-state index contributed by atoms with van der Waals surface area (Å²) in [5, 5.41) is 45.1. The molecule has 0 saturated carbocycles. The molecule has 0 heterocycles. The van der Waals surface area contributed by atoms with Gasteiger partial charge in [-0.3, -0.25) is 0 Å². The van der Waals surface area contributed by atoms with Crippen molar-refractivity contribution >= 4 is 47.8 Å². The van der Waals surface area contributed by atoms with E-state index < -0.39 is 82.3 Å². The molecule has 5 N–H and O–H groups in total. The van der Waals surface area contributed by atoms with Crippen molar-refractivity contribution in [2.45, 2.75) is 12.3 Å². The van der Waals surface area contributed by atoms with Gasteiger partial charge in [-0.05, 0) is 12.1 Å². The quantitative estimate of drug-likeness (QED) is 0.120. The van der Waals surface area contributed by atoms with Gasteiger partial charge in [0, 0.05) is 24.3 Å². The lowest BCUT2D eigenvalue weighted by molar-refractivity contribution is -0.394. The van der Waals surface area contributed by atoms with Gasteiger partial charge < -0.3 is 44.5 Å². The number of benzene rings is 1. The number of rotatable bonds is 13. The van der Waals surface area contributed by atoms with E-state index in [0.717, 1.165) is 0 Å². The van der Waals surface area contributed by atoms with Gasteiger partial charge in [-0.25, -0.2) is 38.4 Å². The number of carbonyl (C=O) groups excluding carboxylic acids is 4. The number of carboxylic acid groups (broad SMARTS) is 4. The fourth-order valence-electron chi connectivity index (χ4n) is 2.28. The van der Waals surface area contributed by atoms with E-state index in [0.29, 0.717) is 36.4 Å². The van der Waals surface area contributed by atoms with E-state index in [1.807, 2.05) is 0 Å². The molecule has 0 spiro atoms. The topological polar surface area (TPSA) is 275 Å². The molecule has 0 unspecified atom stereocenters. The number of esters is 4. The Balaban J connectivity index is 0.000000802. The number of ether oxygens (including phenoxy) is 4. The third kappa shape index (κ3) is 10.3. The van der Waals surface area contributed by atoms with Crippen molar-refractivity contribution in [2.75, 3.05) is 0 Å². The molecule has 0 radical (unpaired) electrons. The summed E-state index contributed by atoms with van der Waals surface area (Å²) in [4.78, 5) is 88.2. The maximum absolute atomic E-state index is 11.3. The van der Waals surface area contributed by atoms with E-state index in [1.54, 1.807) is 0 Å². The number of carboxylic acids is 4. The highest BCUT2D eigenvalue weighted by molar-refractivity contribution is 6.09. The fourth-order valence-corrected chi connectivity index (χ4v) is 2.28. The van der Waals surface area contributed by atoms with Crippen LogP contribution in [-0.4, -0.2) is 85.6 Å². The first-order valence-corrected chi connectivity index (χ1v) is 10.2. The molecule has 0 aliphatic carbocycles. The monoisotopic (exact) mass is 580 g/mol. The molecule has 0 fully saturated rings. The van der Waals surface area contributed by atoms with Gasteiger partial charge >= 0.3 is 60.0 Å². The van der Waals surface area contributed by atoms with Crippen LogP contribution in [0.25, 0.3) is 0 Å². The molecule has 1 aromatic rings. The van der Waals surface area contributed by atoms with Crippen LogP contribution in [0.3, 0.4) is 0 Å².